The number of rotatable bonds is 13. The summed E-state index contributed by atoms with van der Waals surface area (Å²) in [5, 5.41) is 41.7. The molecule has 0 radical (unpaired) electrons. The molecule has 6 fully saturated rings. The Morgan fingerprint density at radius 3 is 1.17 bits per heavy atom. The quantitative estimate of drug-likeness (QED) is 0.0531. The van der Waals surface area contributed by atoms with Gasteiger partial charge in [-0.05, 0) is 136 Å². The van der Waals surface area contributed by atoms with Gasteiger partial charge in [0.15, 0.2) is 5.82 Å². The van der Waals surface area contributed by atoms with Crippen molar-refractivity contribution in [1.29, 1.82) is 0 Å². The number of aromatic amines is 5. The molecular formula is C92H101Cl4FN28O2. The van der Waals surface area contributed by atoms with Crippen LogP contribution in [0, 0.1) is 22.6 Å². The standard InChI is InChI=1S/C20H24N6O.C19H19ClN6O.C18H19ClFN5.C18H21ClN6.C17H18ClN5/c1-3-20(2)7-9-26(10-8-20)15-12-22-17-16(24-25-19(17)23-15)13-5-4-6-14(11-13)18(21)27;20-13-4-2-1-3-12(13)16-17-18(25-24-16)22-14(11-21-17)26-9-7-19(8-10-26)6-5-15(27)23-19;1-18(2)6-8-25(9-7-18)13-10-21-16-15(23-24-17(16)22-13)11-4-3-5-12(19)14(11)20;1-2-18(20)7-9-25(10-8-18)14-11-21-16-15(23-24-17(16)22-14)12-5-3-4-6-13(12)19;1-11-6-8-23(9-7-11)14-10-19-16-15(21-22-17(16)20-14)12-4-2-3-5-13(12)18/h4-6,11-12H,3,7-10H2,1-2H3,(H2,21,27)(H,23,24,25);1-4,11H,5-10H2,(H,23,27)(H,22,24,25);3-5,10H,6-9H2,1-2H3,(H,22,23,24);3-6,11H,2,7-10,20H2,1H3,(H,22,23,24);2-5,10-11H,6-9H2,1H3,(H,20,21,22). The minimum absolute atomic E-state index is 0.0192. The number of nitrogens with two attached hydrogens (primary N) is 2. The summed E-state index contributed by atoms with van der Waals surface area (Å²) in [7, 11) is 0. The van der Waals surface area contributed by atoms with Gasteiger partial charge in [-0.2, -0.15) is 25.5 Å². The Hall–Kier alpha value is -12.2. The summed E-state index contributed by atoms with van der Waals surface area (Å²) in [5.41, 5.74) is 26.7. The molecular weight excluding hydrogens is 1690 g/mol. The highest BCUT2D eigenvalue weighted by molar-refractivity contribution is 6.34. The smallest absolute Gasteiger partial charge is 0.248 e. The Morgan fingerprint density at radius 2 is 0.780 bits per heavy atom. The first kappa shape index (κ1) is 86.9. The third-order valence-corrected chi connectivity index (χ3v) is 27.4. The van der Waals surface area contributed by atoms with Gasteiger partial charge in [-0.15, -0.1) is 0 Å². The van der Waals surface area contributed by atoms with Gasteiger partial charge in [0.05, 0.1) is 79.5 Å². The van der Waals surface area contributed by atoms with E-state index in [1.54, 1.807) is 42.7 Å². The van der Waals surface area contributed by atoms with E-state index in [1.807, 2.05) is 97.5 Å². The molecule has 0 aliphatic carbocycles. The van der Waals surface area contributed by atoms with E-state index in [0.717, 1.165) is 221 Å². The van der Waals surface area contributed by atoms with Crippen LogP contribution in [0.2, 0.25) is 20.1 Å². The molecule has 6 saturated heterocycles. The van der Waals surface area contributed by atoms with E-state index in [4.69, 9.17) is 67.8 Å². The summed E-state index contributed by atoms with van der Waals surface area (Å²) in [5.74, 6) is 4.27. The number of aromatic nitrogens is 20. The summed E-state index contributed by atoms with van der Waals surface area (Å²) in [6.45, 7) is 23.1. The summed E-state index contributed by atoms with van der Waals surface area (Å²) in [6.07, 6.45) is 23.6. The van der Waals surface area contributed by atoms with Gasteiger partial charge in [-0.3, -0.25) is 35.1 Å². The second-order valence-corrected chi connectivity index (χ2v) is 36.6. The molecule has 5 aromatic carbocycles. The average Bonchev–Trinajstić information content (AvgIpc) is 1.66. The van der Waals surface area contributed by atoms with Crippen molar-refractivity contribution in [2.24, 2.45) is 28.2 Å². The van der Waals surface area contributed by atoms with Crippen LogP contribution in [0.25, 0.3) is 112 Å². The van der Waals surface area contributed by atoms with Crippen molar-refractivity contribution in [3.63, 3.8) is 0 Å². The molecule has 127 heavy (non-hydrogen) atoms. The third-order valence-electron chi connectivity index (χ3n) is 26.1. The summed E-state index contributed by atoms with van der Waals surface area (Å²) < 4.78 is 14.3. The zero-order chi connectivity index (χ0) is 88.3. The van der Waals surface area contributed by atoms with E-state index < -0.39 is 11.7 Å². The highest BCUT2D eigenvalue weighted by Gasteiger charge is 2.41. The molecule has 10 aromatic heterocycles. The van der Waals surface area contributed by atoms with Crippen LogP contribution in [0.5, 0.6) is 0 Å². The Kier molecular flexibility index (Phi) is 25.4. The van der Waals surface area contributed by atoms with Gasteiger partial charge in [0.25, 0.3) is 0 Å². The van der Waals surface area contributed by atoms with Crippen molar-refractivity contribution in [2.75, 3.05) is 89.9 Å². The SMILES string of the molecule is CC1(C)CCN(c2cnc3c(-c4cccc(Cl)c4F)[nH]nc3n2)CC1.CC1CCN(c2cnc3c(-c4ccccc4Cl)[nH]nc3n2)CC1.CCC1(C)CCN(c2cnc3c(-c4cccc(C(N)=O)c4)[nH]nc3n2)CC1.CCC1(N)CCN(c2cnc3c(-c4ccccc4Cl)[nH]nc3n2)CC1.O=C1CCC2(CCN(c3cnc4c(-c5ccccc5Cl)[nH]nc4n3)CC2)N1. The number of nitrogens with one attached hydrogen (secondary N) is 6. The molecule has 0 unspecified atom stereocenters. The first-order valence-electron chi connectivity index (χ1n) is 43.4. The van der Waals surface area contributed by atoms with Crippen LogP contribution in [0.3, 0.4) is 0 Å². The van der Waals surface area contributed by atoms with Crippen LogP contribution in [0.4, 0.5) is 33.5 Å². The van der Waals surface area contributed by atoms with Gasteiger partial charge in [-0.25, -0.2) is 54.2 Å². The lowest BCUT2D eigenvalue weighted by molar-refractivity contribution is -0.119. The van der Waals surface area contributed by atoms with Crippen molar-refractivity contribution < 1.29 is 14.0 Å². The van der Waals surface area contributed by atoms with Gasteiger partial charge in [0, 0.05) is 116 Å². The maximum absolute atomic E-state index is 14.3. The predicted octanol–water partition coefficient (Wildman–Crippen LogP) is 17.8. The molecule has 15 aromatic rings. The Balaban J connectivity index is 0.000000112. The number of carbonyl (C=O) groups is 2. The highest BCUT2D eigenvalue weighted by Crippen LogP contribution is 2.41. The summed E-state index contributed by atoms with van der Waals surface area (Å²) in [6, 6.07) is 34.9. The van der Waals surface area contributed by atoms with Crippen molar-refractivity contribution in [3.05, 3.63) is 178 Å². The fraction of sp³-hybridized carbons (Fsp3) is 0.380. The molecule has 6 aliphatic heterocycles. The average molecular weight is 1790 g/mol. The van der Waals surface area contributed by atoms with Crippen LogP contribution >= 0.6 is 46.4 Å². The number of hydrogen-bond acceptors (Lipinski definition) is 23. The molecule has 0 atom stereocenters. The maximum atomic E-state index is 14.3. The van der Waals surface area contributed by atoms with Crippen molar-refractivity contribution in [1.82, 2.24) is 106 Å². The summed E-state index contributed by atoms with van der Waals surface area (Å²) in [4.78, 5) is 80.6. The summed E-state index contributed by atoms with van der Waals surface area (Å²) >= 11 is 24.8. The minimum Gasteiger partial charge on any atom is -0.366 e. The molecule has 16 heterocycles. The van der Waals surface area contributed by atoms with E-state index in [9.17, 15) is 14.0 Å². The van der Waals surface area contributed by atoms with Crippen LogP contribution in [0.1, 0.15) is 142 Å². The van der Waals surface area contributed by atoms with Gasteiger partial charge in [-0.1, -0.05) is 167 Å². The number of hydrogen-bond donors (Lipinski definition) is 8. The van der Waals surface area contributed by atoms with E-state index in [0.29, 0.717) is 93.9 Å². The number of anilines is 5. The van der Waals surface area contributed by atoms with Gasteiger partial charge in [0.2, 0.25) is 40.1 Å². The lowest BCUT2D eigenvalue weighted by Gasteiger charge is -2.39. The maximum Gasteiger partial charge on any atom is 0.248 e. The Bertz CT molecular complexity index is 6470. The van der Waals surface area contributed by atoms with E-state index in [2.05, 4.69) is 162 Å². The van der Waals surface area contributed by atoms with Gasteiger partial charge >= 0.3 is 0 Å². The van der Waals surface area contributed by atoms with E-state index >= 15 is 0 Å². The molecule has 0 bridgehead atoms. The van der Waals surface area contributed by atoms with Gasteiger partial charge in [0.1, 0.15) is 56.7 Å². The van der Waals surface area contributed by atoms with Crippen LogP contribution in [-0.4, -0.2) is 189 Å². The number of piperidine rings is 5. The molecule has 6 aliphatic rings. The number of nitrogens with zero attached hydrogens (tertiary/aromatic N) is 20. The first-order valence-corrected chi connectivity index (χ1v) is 44.9. The number of carbonyl (C=O) groups excluding carboxylic acids is 2. The molecule has 0 saturated carbocycles. The lowest BCUT2D eigenvalue weighted by atomic mass is 9.78. The number of H-pyrrole nitrogens is 5. The molecule has 35 heteroatoms. The zero-order valence-corrected chi connectivity index (χ0v) is 74.7. The Labute approximate surface area is 753 Å². The molecule has 30 nitrogen and oxygen atoms in total. The molecule has 1 spiro atoms. The second kappa shape index (κ2) is 37.0. The molecule has 2 amide bonds. The van der Waals surface area contributed by atoms with Crippen LogP contribution in [-0.2, 0) is 4.79 Å². The predicted molar refractivity (Wildman–Crippen MR) is 500 cm³/mol. The number of primary amides is 1. The second-order valence-electron chi connectivity index (χ2n) is 35.0. The highest BCUT2D eigenvalue weighted by atomic mass is 35.5. The normalized spacial score (nSPS) is 17.3. The minimum atomic E-state index is -0.487. The molecule has 656 valence electrons. The fourth-order valence-corrected chi connectivity index (χ4v) is 18.1. The van der Waals surface area contributed by atoms with Crippen LogP contribution < -0.4 is 41.3 Å². The molecule has 21 rings (SSSR count). The number of fused-ring (bicyclic) bond motifs is 5. The zero-order valence-electron chi connectivity index (χ0n) is 71.7. The third kappa shape index (κ3) is 19.0. The lowest BCUT2D eigenvalue weighted by Crippen LogP contribution is -2.51. The molecule has 10 N–H and O–H groups in total. The van der Waals surface area contributed by atoms with Crippen molar-refractivity contribution in [2.45, 2.75) is 143 Å². The Morgan fingerprint density at radius 1 is 0.433 bits per heavy atom. The first-order chi connectivity index (χ1) is 61.4. The number of benzene rings is 5. The van der Waals surface area contributed by atoms with E-state index in [1.165, 1.54) is 25.3 Å². The number of halogens is 5. The fourth-order valence-electron chi connectivity index (χ4n) is 17.2. The van der Waals surface area contributed by atoms with E-state index in [-0.39, 0.29) is 22.0 Å². The largest absolute Gasteiger partial charge is 0.366 e. The monoisotopic (exact) mass is 1790 g/mol. The van der Waals surface area contributed by atoms with Crippen LogP contribution in [0.15, 0.2) is 146 Å². The number of amides is 2. The van der Waals surface area contributed by atoms with Crippen molar-refractivity contribution >= 4 is 143 Å². The topological polar surface area (TPSA) is 387 Å². The van der Waals surface area contributed by atoms with Gasteiger partial charge < -0.3 is 41.3 Å². The van der Waals surface area contributed by atoms with Crippen molar-refractivity contribution in [3.8, 4) is 56.3 Å².